The fourth-order valence-corrected chi connectivity index (χ4v) is 2.32. The third-order valence-electron chi connectivity index (χ3n) is 3.14. The molecule has 19 heavy (non-hydrogen) atoms. The predicted molar refractivity (Wildman–Crippen MR) is 84.0 cm³/mol. The van der Waals surface area contributed by atoms with Gasteiger partial charge in [0.15, 0.2) is 0 Å². The number of ether oxygens (including phenoxy) is 1. The van der Waals surface area contributed by atoms with Crippen molar-refractivity contribution in [2.45, 2.75) is 13.5 Å². The number of hydrogen-bond donors (Lipinski definition) is 0. The number of aryl methyl sites for hydroxylation is 1. The minimum absolute atomic E-state index is 0.834. The quantitative estimate of drug-likeness (QED) is 0.828. The summed E-state index contributed by atoms with van der Waals surface area (Å²) < 4.78 is 6.38. The summed E-state index contributed by atoms with van der Waals surface area (Å²) in [6, 6.07) is 14.6. The van der Waals surface area contributed by atoms with E-state index in [-0.39, 0.29) is 0 Å². The molecule has 0 saturated carbocycles. The first-order valence-electron chi connectivity index (χ1n) is 6.20. The maximum atomic E-state index is 5.27. The molecule has 0 aliphatic heterocycles. The summed E-state index contributed by atoms with van der Waals surface area (Å²) in [5.41, 5.74) is 3.70. The Hall–Kier alpha value is -1.48. The number of rotatable bonds is 4. The Morgan fingerprint density at radius 2 is 1.79 bits per heavy atom. The maximum absolute atomic E-state index is 5.27. The van der Waals surface area contributed by atoms with Gasteiger partial charge in [0, 0.05) is 23.8 Å². The molecule has 0 fully saturated rings. The minimum Gasteiger partial charge on any atom is -0.497 e. The van der Waals surface area contributed by atoms with Gasteiger partial charge in [0.1, 0.15) is 5.75 Å². The third-order valence-corrected chi connectivity index (χ3v) is 3.91. The number of halogens is 1. The average molecular weight is 320 g/mol. The standard InChI is InChI=1S/C16H18BrNO/c1-12-4-6-14(7-5-12)18(2)11-13-10-15(19-3)8-9-16(13)17/h4-10H,11H2,1-3H3. The van der Waals surface area contributed by atoms with Crippen LogP contribution >= 0.6 is 15.9 Å². The van der Waals surface area contributed by atoms with Gasteiger partial charge >= 0.3 is 0 Å². The second-order valence-electron chi connectivity index (χ2n) is 4.65. The van der Waals surface area contributed by atoms with E-state index >= 15 is 0 Å². The molecule has 2 aromatic carbocycles. The first kappa shape index (κ1) is 13.9. The van der Waals surface area contributed by atoms with E-state index in [0.717, 1.165) is 16.8 Å². The molecule has 0 aromatic heterocycles. The van der Waals surface area contributed by atoms with Gasteiger partial charge < -0.3 is 9.64 Å². The molecule has 0 bridgehead atoms. The van der Waals surface area contributed by atoms with Gasteiger partial charge in [-0.1, -0.05) is 33.6 Å². The van der Waals surface area contributed by atoms with Gasteiger partial charge in [-0.25, -0.2) is 0 Å². The lowest BCUT2D eigenvalue weighted by molar-refractivity contribution is 0.414. The van der Waals surface area contributed by atoms with Crippen molar-refractivity contribution in [1.29, 1.82) is 0 Å². The Morgan fingerprint density at radius 3 is 2.42 bits per heavy atom. The van der Waals surface area contributed by atoms with Gasteiger partial charge in [0.2, 0.25) is 0 Å². The first-order chi connectivity index (χ1) is 9.10. The summed E-state index contributed by atoms with van der Waals surface area (Å²) in [6.07, 6.45) is 0. The molecule has 0 N–H and O–H groups in total. The van der Waals surface area contributed by atoms with Crippen LogP contribution in [-0.4, -0.2) is 14.2 Å². The molecule has 0 saturated heterocycles. The summed E-state index contributed by atoms with van der Waals surface area (Å²) in [5.74, 6) is 0.885. The van der Waals surface area contributed by atoms with Gasteiger partial charge in [0.05, 0.1) is 7.11 Å². The van der Waals surface area contributed by atoms with E-state index in [1.807, 2.05) is 12.1 Å². The largest absolute Gasteiger partial charge is 0.497 e. The molecule has 3 heteroatoms. The summed E-state index contributed by atoms with van der Waals surface area (Å²) in [7, 11) is 3.79. The van der Waals surface area contributed by atoms with Crippen LogP contribution in [0.15, 0.2) is 46.9 Å². The van der Waals surface area contributed by atoms with Gasteiger partial charge in [-0.15, -0.1) is 0 Å². The number of nitrogens with zero attached hydrogens (tertiary/aromatic N) is 1. The smallest absolute Gasteiger partial charge is 0.119 e. The molecule has 0 spiro atoms. The summed E-state index contributed by atoms with van der Waals surface area (Å²) in [6.45, 7) is 2.93. The molecular weight excluding hydrogens is 302 g/mol. The van der Waals surface area contributed by atoms with Crippen molar-refractivity contribution in [3.05, 3.63) is 58.1 Å². The van der Waals surface area contributed by atoms with Gasteiger partial charge in [0.25, 0.3) is 0 Å². The highest BCUT2D eigenvalue weighted by molar-refractivity contribution is 9.10. The van der Waals surface area contributed by atoms with E-state index in [4.69, 9.17) is 4.74 Å². The van der Waals surface area contributed by atoms with Crippen molar-refractivity contribution in [1.82, 2.24) is 0 Å². The summed E-state index contributed by atoms with van der Waals surface area (Å²) in [5, 5.41) is 0. The number of anilines is 1. The van der Waals surface area contributed by atoms with Crippen LogP contribution in [0.5, 0.6) is 5.75 Å². The molecule has 0 atom stereocenters. The Labute approximate surface area is 123 Å². The molecule has 0 amide bonds. The van der Waals surface area contributed by atoms with Crippen molar-refractivity contribution in [2.24, 2.45) is 0 Å². The molecule has 0 heterocycles. The zero-order chi connectivity index (χ0) is 13.8. The predicted octanol–water partition coefficient (Wildman–Crippen LogP) is 4.40. The average Bonchev–Trinajstić information content (AvgIpc) is 2.42. The molecule has 2 nitrogen and oxygen atoms in total. The molecule has 0 unspecified atom stereocenters. The van der Waals surface area contributed by atoms with Crippen molar-refractivity contribution in [2.75, 3.05) is 19.1 Å². The van der Waals surface area contributed by atoms with Gasteiger partial charge in [-0.3, -0.25) is 0 Å². The van der Waals surface area contributed by atoms with E-state index in [9.17, 15) is 0 Å². The molecule has 2 aromatic rings. The highest BCUT2D eigenvalue weighted by atomic mass is 79.9. The van der Waals surface area contributed by atoms with E-state index in [1.54, 1.807) is 7.11 Å². The van der Waals surface area contributed by atoms with Crippen LogP contribution in [0.3, 0.4) is 0 Å². The Kier molecular flexibility index (Phi) is 4.48. The second kappa shape index (κ2) is 6.11. The van der Waals surface area contributed by atoms with E-state index in [1.165, 1.54) is 16.8 Å². The first-order valence-corrected chi connectivity index (χ1v) is 6.99. The highest BCUT2D eigenvalue weighted by Gasteiger charge is 2.06. The van der Waals surface area contributed by atoms with E-state index < -0.39 is 0 Å². The minimum atomic E-state index is 0.834. The Bertz CT molecular complexity index is 551. The van der Waals surface area contributed by atoms with Crippen molar-refractivity contribution >= 4 is 21.6 Å². The number of hydrogen-bond acceptors (Lipinski definition) is 2. The third kappa shape index (κ3) is 3.51. The second-order valence-corrected chi connectivity index (χ2v) is 5.50. The molecule has 100 valence electrons. The van der Waals surface area contributed by atoms with Crippen molar-refractivity contribution in [3.63, 3.8) is 0 Å². The highest BCUT2D eigenvalue weighted by Crippen LogP contribution is 2.25. The van der Waals surface area contributed by atoms with Crippen molar-refractivity contribution in [3.8, 4) is 5.75 Å². The van der Waals surface area contributed by atoms with E-state index in [0.29, 0.717) is 0 Å². The Morgan fingerprint density at radius 1 is 1.11 bits per heavy atom. The van der Waals surface area contributed by atoms with Crippen LogP contribution in [0.4, 0.5) is 5.69 Å². The van der Waals surface area contributed by atoms with Gasteiger partial charge in [-0.2, -0.15) is 0 Å². The van der Waals surface area contributed by atoms with Crippen LogP contribution in [-0.2, 0) is 6.54 Å². The monoisotopic (exact) mass is 319 g/mol. The lowest BCUT2D eigenvalue weighted by Gasteiger charge is -2.20. The lowest BCUT2D eigenvalue weighted by Crippen LogP contribution is -2.16. The SMILES string of the molecule is COc1ccc(Br)c(CN(C)c2ccc(C)cc2)c1. The van der Waals surface area contributed by atoms with Crippen LogP contribution < -0.4 is 9.64 Å². The molecule has 0 radical (unpaired) electrons. The number of methoxy groups -OCH3 is 1. The number of benzene rings is 2. The Balaban J connectivity index is 2.18. The molecular formula is C16H18BrNO. The summed E-state index contributed by atoms with van der Waals surface area (Å²) in [4.78, 5) is 2.22. The zero-order valence-electron chi connectivity index (χ0n) is 11.5. The van der Waals surface area contributed by atoms with Crippen LogP contribution in [0.1, 0.15) is 11.1 Å². The molecule has 0 aliphatic rings. The molecule has 2 rings (SSSR count). The maximum Gasteiger partial charge on any atom is 0.119 e. The zero-order valence-corrected chi connectivity index (χ0v) is 13.1. The van der Waals surface area contributed by atoms with E-state index in [2.05, 4.69) is 65.1 Å². The fourth-order valence-electron chi connectivity index (χ4n) is 1.95. The van der Waals surface area contributed by atoms with Crippen LogP contribution in [0, 0.1) is 6.92 Å². The summed E-state index contributed by atoms with van der Waals surface area (Å²) >= 11 is 3.59. The normalized spacial score (nSPS) is 10.3. The topological polar surface area (TPSA) is 12.5 Å². The van der Waals surface area contributed by atoms with Gasteiger partial charge in [-0.05, 0) is 42.8 Å². The fraction of sp³-hybridized carbons (Fsp3) is 0.250. The van der Waals surface area contributed by atoms with Crippen molar-refractivity contribution < 1.29 is 4.74 Å². The van der Waals surface area contributed by atoms with Crippen LogP contribution in [0.25, 0.3) is 0 Å². The van der Waals surface area contributed by atoms with Crippen LogP contribution in [0.2, 0.25) is 0 Å². The lowest BCUT2D eigenvalue weighted by atomic mass is 10.1. The molecule has 0 aliphatic carbocycles.